The van der Waals surface area contributed by atoms with Crippen molar-refractivity contribution in [2.24, 2.45) is 11.8 Å². The van der Waals surface area contributed by atoms with Crippen molar-refractivity contribution in [3.63, 3.8) is 0 Å². The number of carbonyl (C=O) groups excluding carboxylic acids is 8. The average molecular weight is 1780 g/mol. The summed E-state index contributed by atoms with van der Waals surface area (Å²) in [6, 6.07) is 25.4. The fourth-order valence-corrected chi connectivity index (χ4v) is 15.6. The van der Waals surface area contributed by atoms with E-state index in [2.05, 4.69) is 56.8 Å². The highest BCUT2D eigenvalue weighted by molar-refractivity contribution is 7.33. The fraction of sp³-hybridized carbons (Fsp3) is 0.482. The molecule has 6 heterocycles. The summed E-state index contributed by atoms with van der Waals surface area (Å²) >= 11 is 0. The molecule has 4 aliphatic rings. The number of rotatable bonds is 43. The van der Waals surface area contributed by atoms with Gasteiger partial charge in [0, 0.05) is 75.9 Å². The number of ether oxygens (including phenoxy) is 10. The number of amides is 8. The van der Waals surface area contributed by atoms with Crippen LogP contribution in [-0.2, 0) is 118 Å². The van der Waals surface area contributed by atoms with E-state index in [9.17, 15) is 57.4 Å². The standard InChI is InChI=1S/C83H106N14O26P2/c1-52(2)71(91-68(99)44-63(78(104)85-28-29-111-32-33-113-36-37-115-40-41-116-39-38-114-35-34-112-31-30-110-5)90-67(98)24-25-70(100)96-46-57-14-7-6-12-55(57)20-21-56-13-9-11-17-64(56)96)79(105)88-53(3)76(102)89-60-22-18-54(19-23-60)47-117-83(107)95(4)45-58-15-8-10-16-62(58)77(103)93-82-92-75-72(80(106)94-82)87-51-97(75)81-74-73(101)66(121-81)49-119-124(108)122-65-43-61(120-69-26-27-84-50-86-69)42-59(65)48-118-125(109)123-74/h6-23,26-27,50-53,59,61,63,65-66,71,73-74,81,101,124-125H,24-25,28-49H2,1-5H3,(H,85,104)(H,88,105)(H,89,102)(H,90,98)(H,91,99)(H2,92,93,94,103,106)/b21-20-/t53-,59+,61+,63-,65-,66+,71-,73+,74+,81+/m0/s1. The van der Waals surface area contributed by atoms with Gasteiger partial charge in [0.05, 0.1) is 130 Å². The number of anilines is 3. The fourth-order valence-electron chi connectivity index (χ4n) is 13.8. The van der Waals surface area contributed by atoms with Gasteiger partial charge in [0.1, 0.15) is 55.5 Å². The smallest absolute Gasteiger partial charge is 0.410 e. The molecule has 42 heteroatoms. The summed E-state index contributed by atoms with van der Waals surface area (Å²) < 4.78 is 107. The van der Waals surface area contributed by atoms with Crippen molar-refractivity contribution in [2.45, 2.75) is 127 Å². The number of H-pyrrole nitrogens is 1. The topological polar surface area (TPSA) is 488 Å². The first-order valence-corrected chi connectivity index (χ1v) is 43.4. The molecular weight excluding hydrogens is 1670 g/mol. The van der Waals surface area contributed by atoms with Crippen molar-refractivity contribution in [1.29, 1.82) is 0 Å². The molecule has 2 unspecified atom stereocenters. The van der Waals surface area contributed by atoms with Crippen LogP contribution in [-0.4, -0.2) is 255 Å². The van der Waals surface area contributed by atoms with Gasteiger partial charge in [-0.05, 0) is 71.3 Å². The maximum atomic E-state index is 14.1. The predicted molar refractivity (Wildman–Crippen MR) is 451 cm³/mol. The van der Waals surface area contributed by atoms with Crippen molar-refractivity contribution < 1.29 is 118 Å². The largest absolute Gasteiger partial charge is 0.474 e. The van der Waals surface area contributed by atoms with Gasteiger partial charge in [0.2, 0.25) is 47.3 Å². The highest BCUT2D eigenvalue weighted by Crippen LogP contribution is 2.45. The van der Waals surface area contributed by atoms with Crippen molar-refractivity contribution >= 4 is 105 Å². The van der Waals surface area contributed by atoms with Gasteiger partial charge in [-0.2, -0.15) is 4.98 Å². The number of aromatic nitrogens is 6. The molecule has 3 aliphatic heterocycles. The quantitative estimate of drug-likeness (QED) is 0.0174. The van der Waals surface area contributed by atoms with E-state index in [1.807, 2.05) is 60.7 Å². The van der Waals surface area contributed by atoms with Crippen molar-refractivity contribution in [3.8, 4) is 5.88 Å². The Balaban J connectivity index is 0.627. The van der Waals surface area contributed by atoms with E-state index in [-0.39, 0.29) is 101 Å². The van der Waals surface area contributed by atoms with Gasteiger partial charge < -0.3 is 102 Å². The van der Waals surface area contributed by atoms with Crippen LogP contribution < -0.4 is 47.1 Å². The zero-order valence-corrected chi connectivity index (χ0v) is 71.8. The summed E-state index contributed by atoms with van der Waals surface area (Å²) in [5, 5.41) is 27.5. The lowest BCUT2D eigenvalue weighted by atomic mass is 10.0. The van der Waals surface area contributed by atoms with Crippen LogP contribution in [0.2, 0.25) is 0 Å². The van der Waals surface area contributed by atoms with E-state index in [1.54, 1.807) is 74.4 Å². The van der Waals surface area contributed by atoms with Gasteiger partial charge >= 0.3 is 22.6 Å². The second kappa shape index (κ2) is 48.7. The highest BCUT2D eigenvalue weighted by atomic mass is 31.1. The number of nitrogens with one attached hydrogen (secondary N) is 7. The Bertz CT molecular complexity index is 4900. The summed E-state index contributed by atoms with van der Waals surface area (Å²) in [5.41, 5.74) is 3.39. The first kappa shape index (κ1) is 95.0. The van der Waals surface area contributed by atoms with E-state index < -0.39 is 143 Å². The van der Waals surface area contributed by atoms with Gasteiger partial charge in [0.25, 0.3) is 11.5 Å². The second-order valence-electron chi connectivity index (χ2n) is 29.8. The normalized spacial score (nSPS) is 20.2. The van der Waals surface area contributed by atoms with E-state index in [1.165, 1.54) is 48.4 Å². The SMILES string of the molecule is COCCOCCOCCOCCOCCOCCOCCNC(=O)[C@H](CC(=O)N[C@H](C(=O)N[C@@H](C)C(=O)Nc1ccc(COC(=O)N(C)Cc2ccccc2C(=O)Nc2nc3c(ncn3[C@@H]3O[C@@H]4CO[PH](=O)O[C@H]5C[C@H](Oc6ccncn6)C[C@@H]5CO[PH](=O)O[C@@H]3[C@@H]4O)c(=O)[nH]2)cc1)C(C)C)NC(=O)CCC(=O)N1Cc2ccccc2/C=C\c2ccccc21. The maximum Gasteiger partial charge on any atom is 0.410 e. The summed E-state index contributed by atoms with van der Waals surface area (Å²) in [6.07, 6.45) is -0.168. The molecule has 4 aromatic carbocycles. The number of carbonyl (C=O) groups is 8. The number of imidazole rings is 1. The molecule has 12 atom stereocenters. The lowest BCUT2D eigenvalue weighted by Crippen LogP contribution is -2.55. The molecule has 674 valence electrons. The molecule has 0 radical (unpaired) electrons. The molecule has 8 N–H and O–H groups in total. The number of aliphatic hydroxyl groups is 1. The molecule has 8 amide bonds. The molecule has 40 nitrogen and oxygen atoms in total. The number of aliphatic hydroxyl groups excluding tert-OH is 1. The third-order valence-corrected chi connectivity index (χ3v) is 22.1. The van der Waals surface area contributed by atoms with Crippen LogP contribution in [0.25, 0.3) is 23.3 Å². The molecular formula is C83H106N14O26P2. The van der Waals surface area contributed by atoms with E-state index in [0.717, 1.165) is 16.7 Å². The molecule has 1 saturated carbocycles. The molecule has 11 rings (SSSR count). The molecule has 1 aliphatic carbocycles. The molecule has 0 spiro atoms. The van der Waals surface area contributed by atoms with E-state index in [0.29, 0.717) is 101 Å². The molecule has 7 aromatic rings. The zero-order chi connectivity index (χ0) is 88.6. The molecule has 3 fully saturated rings. The summed E-state index contributed by atoms with van der Waals surface area (Å²) in [5.74, 6) is -5.72. The second-order valence-corrected chi connectivity index (χ2v) is 31.8. The molecule has 125 heavy (non-hydrogen) atoms. The van der Waals surface area contributed by atoms with Gasteiger partial charge in [0.15, 0.2) is 17.4 Å². The monoisotopic (exact) mass is 1780 g/mol. The minimum Gasteiger partial charge on any atom is -0.474 e. The van der Waals surface area contributed by atoms with Crippen molar-refractivity contribution in [3.05, 3.63) is 166 Å². The van der Waals surface area contributed by atoms with Gasteiger partial charge in [-0.15, -0.1) is 0 Å². The number of hydrogen-bond donors (Lipinski definition) is 8. The van der Waals surface area contributed by atoms with Gasteiger partial charge in [-0.3, -0.25) is 66.9 Å². The van der Waals surface area contributed by atoms with Crippen LogP contribution in [0.3, 0.4) is 0 Å². The van der Waals surface area contributed by atoms with Gasteiger partial charge in [-0.25, -0.2) is 19.7 Å². The number of benzene rings is 4. The third kappa shape index (κ3) is 28.7. The predicted octanol–water partition coefficient (Wildman–Crippen LogP) is 5.46. The average Bonchev–Trinajstić information content (AvgIpc) is 1.61. The van der Waals surface area contributed by atoms with Crippen LogP contribution in [0.4, 0.5) is 22.1 Å². The Morgan fingerprint density at radius 2 is 1.34 bits per heavy atom. The van der Waals surface area contributed by atoms with Crippen LogP contribution in [0.5, 0.6) is 5.88 Å². The number of fused-ring (bicyclic) bond motifs is 6. The lowest BCUT2D eigenvalue weighted by Gasteiger charge is -2.27. The first-order chi connectivity index (χ1) is 60.5. The van der Waals surface area contributed by atoms with Crippen LogP contribution in [0.1, 0.15) is 97.3 Å². The molecule has 2 bridgehead atoms. The first-order valence-electron chi connectivity index (χ1n) is 40.9. The van der Waals surface area contributed by atoms with E-state index >= 15 is 0 Å². The van der Waals surface area contributed by atoms with Crippen LogP contribution in [0, 0.1) is 11.8 Å². The van der Waals surface area contributed by atoms with E-state index in [4.69, 9.17) is 65.5 Å². The Kier molecular flexibility index (Phi) is 37.0. The Morgan fingerprint density at radius 3 is 2.04 bits per heavy atom. The Hall–Kier alpha value is -10.7. The summed E-state index contributed by atoms with van der Waals surface area (Å²) in [4.78, 5) is 147. The minimum atomic E-state index is -3.41. The molecule has 2 saturated heterocycles. The Labute approximate surface area is 721 Å². The maximum absolute atomic E-state index is 14.1. The minimum absolute atomic E-state index is 0.0212. The number of aromatic amines is 1. The number of para-hydroxylation sites is 1. The number of nitrogens with zero attached hydrogens (tertiary/aromatic N) is 7. The Morgan fingerprint density at radius 1 is 0.680 bits per heavy atom. The van der Waals surface area contributed by atoms with Crippen molar-refractivity contribution in [2.75, 3.05) is 135 Å². The van der Waals surface area contributed by atoms with Crippen LogP contribution >= 0.6 is 16.5 Å². The number of hydrogen-bond acceptors (Lipinski definition) is 30. The molecule has 3 aromatic heterocycles. The lowest BCUT2D eigenvalue weighted by molar-refractivity contribution is -0.134. The zero-order valence-electron chi connectivity index (χ0n) is 69.8. The summed E-state index contributed by atoms with van der Waals surface area (Å²) in [6.45, 7) is 8.65. The third-order valence-electron chi connectivity index (χ3n) is 20.3. The van der Waals surface area contributed by atoms with Gasteiger partial charge in [-0.1, -0.05) is 98.8 Å². The van der Waals surface area contributed by atoms with Crippen LogP contribution in [0.15, 0.2) is 127 Å². The number of methoxy groups -OCH3 is 1. The highest BCUT2D eigenvalue weighted by Gasteiger charge is 2.49. The van der Waals surface area contributed by atoms with Crippen molar-refractivity contribution in [1.82, 2.24) is 55.7 Å². The summed E-state index contributed by atoms with van der Waals surface area (Å²) in [7, 11) is -3.58.